The van der Waals surface area contributed by atoms with Gasteiger partial charge in [0.05, 0.1) is 7.11 Å². The molecule has 12 N–H and O–H groups in total. The summed E-state index contributed by atoms with van der Waals surface area (Å²) in [5, 5.41) is 9.78. The molecule has 4 aliphatic rings. The molecule has 4 fully saturated rings. The van der Waals surface area contributed by atoms with Crippen LogP contribution in [0.4, 0.5) is 35.0 Å². The highest BCUT2D eigenvalue weighted by Crippen LogP contribution is 2.24. The third-order valence-electron chi connectivity index (χ3n) is 15.6. The molecule has 10 rings (SSSR count). The van der Waals surface area contributed by atoms with E-state index in [9.17, 15) is 18.0 Å². The van der Waals surface area contributed by atoms with Gasteiger partial charge in [-0.25, -0.2) is 33.3 Å². The van der Waals surface area contributed by atoms with E-state index in [-0.39, 0.29) is 29.5 Å². The number of hydrogen-bond acceptors (Lipinski definition) is 22. The van der Waals surface area contributed by atoms with Crippen LogP contribution in [0.25, 0.3) is 0 Å². The molecule has 24 heteroatoms. The molecule has 0 aliphatic carbocycles. The van der Waals surface area contributed by atoms with Gasteiger partial charge in [-0.05, 0) is 174 Å². The molecule has 6 aromatic heterocycles. The lowest BCUT2D eigenvalue weighted by molar-refractivity contribution is -0.148. The Morgan fingerprint density at radius 2 is 1.02 bits per heavy atom. The standard InChI is InChI=1S/C14H21N3O3S.C13H19N3O2.C13H21N3.C12H19N3.C9H12N6/c1-21(19,20)10-13(18)12-4-6-17(7-5-12)9-11-2-3-14(15)16-8-11;1-18-13(17)11-4-2-3-7-16(11)9-10-5-6-12(14)15-8-10;1-2-11-5-7-16(8-6-11)10-12-3-4-13(14)15-9-12;1-10-4-6-15(7-5-10)9-11-2-3-12(13)14-8-11;1-6-13-9(15-14-6)12-5-7-2-3-8(10)11-4-7/h2-3,8,12H,4-7,9-10H2,1H3,(H2,15,16);5-6,8,11H,2-4,7,9H2,1H3,(H2,14,15);3-4,9,11H,2,5-8,10H2,1H3,(H2,14,15);2-3,8,10H,4-7,9H2,1H3,(H2,13,14);2-4H,5H2,1H3,(H2,10,11)(H2,12,13,14,15). The Labute approximate surface area is 502 Å². The number of nitrogen functional groups attached to an aromatic ring is 5. The summed E-state index contributed by atoms with van der Waals surface area (Å²) in [6, 6.07) is 18.9. The van der Waals surface area contributed by atoms with Crippen molar-refractivity contribution in [2.24, 2.45) is 17.8 Å². The first-order chi connectivity index (χ1) is 40.8. The molecule has 0 radical (unpaired) electrons. The molecule has 1 unspecified atom stereocenters. The van der Waals surface area contributed by atoms with E-state index in [0.717, 1.165) is 112 Å². The number of sulfone groups is 1. The number of hydrogen-bond donors (Lipinski definition) is 7. The second kappa shape index (κ2) is 34.5. The molecule has 0 bridgehead atoms. The van der Waals surface area contributed by atoms with Crippen LogP contribution in [0, 0.1) is 24.7 Å². The van der Waals surface area contributed by atoms with Gasteiger partial charge in [0.1, 0.15) is 46.7 Å². The van der Waals surface area contributed by atoms with Crippen LogP contribution in [0.5, 0.6) is 0 Å². The first-order valence-electron chi connectivity index (χ1n) is 29.6. The minimum atomic E-state index is -3.22. The van der Waals surface area contributed by atoms with Crippen molar-refractivity contribution in [1.29, 1.82) is 0 Å². The van der Waals surface area contributed by atoms with Gasteiger partial charge in [-0.15, -0.1) is 5.10 Å². The Kier molecular flexibility index (Phi) is 27.1. The number of aromatic amines is 1. The number of piperidine rings is 4. The normalized spacial score (nSPS) is 17.5. The lowest BCUT2D eigenvalue weighted by Crippen LogP contribution is -2.44. The van der Waals surface area contributed by atoms with Gasteiger partial charge in [-0.3, -0.25) is 34.3 Å². The maximum absolute atomic E-state index is 11.9. The third kappa shape index (κ3) is 25.0. The van der Waals surface area contributed by atoms with Gasteiger partial charge < -0.3 is 38.7 Å². The van der Waals surface area contributed by atoms with Crippen LogP contribution in [-0.4, -0.2) is 151 Å². The minimum Gasteiger partial charge on any atom is -0.468 e. The number of nitrogens with zero attached hydrogens (tertiary/aromatic N) is 11. The fourth-order valence-corrected chi connectivity index (χ4v) is 11.2. The predicted molar refractivity (Wildman–Crippen MR) is 336 cm³/mol. The fraction of sp³-hybridized carbons (Fsp3) is 0.525. The number of likely N-dealkylation sites (tertiary alicyclic amines) is 4. The van der Waals surface area contributed by atoms with Crippen LogP contribution in [-0.2, 0) is 56.9 Å². The SMILES string of the molecule is CC1CCN(Cc2ccc(N)nc2)CC1.CCC1CCN(Cc2ccc(N)nc2)CC1.COC(=O)C1CCCCN1Cc1ccc(N)nc1.CS(=O)(=O)CC(=O)C1CCN(Cc2ccc(N)nc2)CC1.Cc1nc(NCc2ccc(N)nc2)n[nH]1. The van der Waals surface area contributed by atoms with Crippen molar-refractivity contribution in [3.8, 4) is 0 Å². The van der Waals surface area contributed by atoms with Crippen molar-refractivity contribution < 1.29 is 22.7 Å². The van der Waals surface area contributed by atoms with Crippen molar-refractivity contribution in [3.63, 3.8) is 0 Å². The second-order valence-electron chi connectivity index (χ2n) is 22.7. The Morgan fingerprint density at radius 3 is 1.41 bits per heavy atom. The molecule has 0 spiro atoms. The number of carbonyl (C=O) groups excluding carboxylic acids is 2. The van der Waals surface area contributed by atoms with Crippen LogP contribution in [0.15, 0.2) is 91.6 Å². The van der Waals surface area contributed by atoms with E-state index in [0.29, 0.717) is 48.1 Å². The van der Waals surface area contributed by atoms with Crippen molar-refractivity contribution in [2.45, 2.75) is 124 Å². The smallest absolute Gasteiger partial charge is 0.323 e. The van der Waals surface area contributed by atoms with Crippen LogP contribution in [0.2, 0.25) is 0 Å². The number of aromatic nitrogens is 8. The van der Waals surface area contributed by atoms with Gasteiger partial charge in [-0.2, -0.15) is 4.98 Å². The molecule has 85 heavy (non-hydrogen) atoms. The summed E-state index contributed by atoms with van der Waals surface area (Å²) in [5.74, 6) is 5.21. The highest BCUT2D eigenvalue weighted by molar-refractivity contribution is 7.91. The fourth-order valence-electron chi connectivity index (χ4n) is 10.4. The third-order valence-corrected chi connectivity index (χ3v) is 16.4. The van der Waals surface area contributed by atoms with Gasteiger partial charge in [0.25, 0.3) is 0 Å². The zero-order chi connectivity index (χ0) is 61.1. The molecular formula is C61H92N18O5S. The number of rotatable bonds is 16. The topological polar surface area (TPSA) is 339 Å². The van der Waals surface area contributed by atoms with E-state index >= 15 is 0 Å². The summed E-state index contributed by atoms with van der Waals surface area (Å²) >= 11 is 0. The summed E-state index contributed by atoms with van der Waals surface area (Å²) in [7, 11) is -1.78. The van der Waals surface area contributed by atoms with Gasteiger partial charge in [0, 0.05) is 75.9 Å². The molecular weight excluding hydrogens is 1100 g/mol. The number of pyridine rings is 5. The summed E-state index contributed by atoms with van der Waals surface area (Å²) < 4.78 is 27.2. The molecule has 0 saturated carbocycles. The highest BCUT2D eigenvalue weighted by atomic mass is 32.2. The molecule has 4 saturated heterocycles. The number of methoxy groups -OCH3 is 1. The number of carbonyl (C=O) groups is 2. The maximum Gasteiger partial charge on any atom is 0.323 e. The summed E-state index contributed by atoms with van der Waals surface area (Å²) in [4.78, 5) is 57.5. The molecule has 23 nitrogen and oxygen atoms in total. The Hall–Kier alpha value is -7.38. The lowest BCUT2D eigenvalue weighted by atomic mass is 9.93. The van der Waals surface area contributed by atoms with E-state index < -0.39 is 9.84 Å². The number of Topliss-reactive ketones (excluding diaryl/α,β-unsaturated/α-hetero) is 1. The molecule has 0 amide bonds. The molecule has 10 heterocycles. The number of nitrogens with one attached hydrogen (secondary N) is 2. The number of H-pyrrole nitrogens is 1. The van der Waals surface area contributed by atoms with E-state index in [1.165, 1.54) is 76.5 Å². The quantitative estimate of drug-likeness (QED) is 0.0504. The monoisotopic (exact) mass is 1190 g/mol. The first kappa shape index (κ1) is 66.8. The Balaban J connectivity index is 0.000000171. The summed E-state index contributed by atoms with van der Waals surface area (Å²) in [5.41, 5.74) is 33.4. The van der Waals surface area contributed by atoms with Crippen LogP contribution in [0.1, 0.15) is 112 Å². The Morgan fingerprint density at radius 1 is 0.600 bits per heavy atom. The van der Waals surface area contributed by atoms with Crippen molar-refractivity contribution in [2.75, 3.05) is 98.9 Å². The number of aryl methyl sites for hydroxylation is 1. The minimum absolute atomic E-state index is 0.124. The van der Waals surface area contributed by atoms with Crippen molar-refractivity contribution in [3.05, 3.63) is 125 Å². The van der Waals surface area contributed by atoms with Crippen LogP contribution < -0.4 is 34.0 Å². The number of esters is 1. The number of ketones is 1. The number of anilines is 6. The van der Waals surface area contributed by atoms with E-state index in [2.05, 4.69) is 91.0 Å². The van der Waals surface area contributed by atoms with Crippen LogP contribution in [0.3, 0.4) is 0 Å². The van der Waals surface area contributed by atoms with E-state index in [1.807, 2.05) is 49.6 Å². The predicted octanol–water partition coefficient (Wildman–Crippen LogP) is 6.56. The average Bonchev–Trinajstić information content (AvgIpc) is 4.15. The van der Waals surface area contributed by atoms with Gasteiger partial charge in [-0.1, -0.05) is 57.0 Å². The molecule has 6 aromatic rings. The number of ether oxygens (including phenoxy) is 1. The molecule has 4 aliphatic heterocycles. The summed E-state index contributed by atoms with van der Waals surface area (Å²) in [6.07, 6.45) is 21.3. The molecule has 462 valence electrons. The molecule has 0 aromatic carbocycles. The van der Waals surface area contributed by atoms with Crippen molar-refractivity contribution >= 4 is 56.6 Å². The van der Waals surface area contributed by atoms with Gasteiger partial charge in [0.2, 0.25) is 5.95 Å². The first-order valence-corrected chi connectivity index (χ1v) is 31.7. The summed E-state index contributed by atoms with van der Waals surface area (Å²) in [6.45, 7) is 18.0. The lowest BCUT2D eigenvalue weighted by Gasteiger charge is -2.33. The van der Waals surface area contributed by atoms with Crippen LogP contribution >= 0.6 is 0 Å². The largest absolute Gasteiger partial charge is 0.468 e. The zero-order valence-electron chi connectivity index (χ0n) is 50.5. The zero-order valence-corrected chi connectivity index (χ0v) is 51.3. The highest BCUT2D eigenvalue weighted by Gasteiger charge is 2.30. The number of nitrogens with two attached hydrogens (primary N) is 5. The van der Waals surface area contributed by atoms with Gasteiger partial charge >= 0.3 is 5.97 Å². The van der Waals surface area contributed by atoms with Crippen molar-refractivity contribution in [1.82, 2.24) is 59.7 Å². The van der Waals surface area contributed by atoms with E-state index in [4.69, 9.17) is 33.4 Å². The molecule has 1 atom stereocenters. The second-order valence-corrected chi connectivity index (χ2v) is 24.9. The average molecular weight is 1190 g/mol. The van der Waals surface area contributed by atoms with Gasteiger partial charge in [0.15, 0.2) is 15.6 Å². The maximum atomic E-state index is 11.9. The Bertz CT molecular complexity index is 2990. The van der Waals surface area contributed by atoms with E-state index in [1.54, 1.807) is 36.8 Å².